The van der Waals surface area contributed by atoms with Crippen molar-refractivity contribution in [2.24, 2.45) is 0 Å². The molecule has 1 aromatic carbocycles. The van der Waals surface area contributed by atoms with E-state index in [0.29, 0.717) is 20.1 Å². The molecule has 0 saturated heterocycles. The number of carbonyl (C=O) groups is 1. The van der Waals surface area contributed by atoms with Gasteiger partial charge in [-0.3, -0.25) is 10.1 Å². The van der Waals surface area contributed by atoms with Gasteiger partial charge in [0.05, 0.1) is 10.7 Å². The van der Waals surface area contributed by atoms with E-state index >= 15 is 0 Å². The van der Waals surface area contributed by atoms with Crippen LogP contribution in [-0.2, 0) is 12.8 Å². The summed E-state index contributed by atoms with van der Waals surface area (Å²) in [5, 5.41) is 5.47. The normalized spacial score (nSPS) is 13.5. The smallest absolute Gasteiger partial charge is 0.269 e. The Bertz CT molecular complexity index is 879. The fraction of sp³-hybridized carbons (Fsp3) is 0.200. The van der Waals surface area contributed by atoms with Crippen LogP contribution >= 0.6 is 45.9 Å². The summed E-state index contributed by atoms with van der Waals surface area (Å²) in [5.41, 5.74) is 1.12. The number of rotatable bonds is 2. The van der Waals surface area contributed by atoms with Gasteiger partial charge in [-0.15, -0.1) is 22.7 Å². The minimum Gasteiger partial charge on any atom is -0.297 e. The Hall–Kier alpha value is -1.14. The SMILES string of the molecule is O=C(Nc1nc2c(s1)CCC2)c1sc2cc(Cl)ccc2c1Cl. The number of aromatic nitrogens is 1. The largest absolute Gasteiger partial charge is 0.297 e. The van der Waals surface area contributed by atoms with Crippen molar-refractivity contribution in [2.75, 3.05) is 5.32 Å². The van der Waals surface area contributed by atoms with Gasteiger partial charge in [-0.1, -0.05) is 29.3 Å². The highest BCUT2D eigenvalue weighted by atomic mass is 35.5. The van der Waals surface area contributed by atoms with Crippen molar-refractivity contribution < 1.29 is 4.79 Å². The number of hydrogen-bond donors (Lipinski definition) is 1. The predicted molar refractivity (Wildman–Crippen MR) is 93.9 cm³/mol. The van der Waals surface area contributed by atoms with E-state index in [4.69, 9.17) is 23.2 Å². The molecule has 0 spiro atoms. The van der Waals surface area contributed by atoms with Crippen LogP contribution in [0.1, 0.15) is 26.7 Å². The minimum absolute atomic E-state index is 0.213. The van der Waals surface area contributed by atoms with Gasteiger partial charge >= 0.3 is 0 Å². The van der Waals surface area contributed by atoms with Crippen LogP contribution in [0.3, 0.4) is 0 Å². The number of anilines is 1. The third kappa shape index (κ3) is 2.42. The Kier molecular flexibility index (Phi) is 3.61. The highest BCUT2D eigenvalue weighted by molar-refractivity contribution is 7.22. The zero-order valence-electron chi connectivity index (χ0n) is 11.3. The summed E-state index contributed by atoms with van der Waals surface area (Å²) in [4.78, 5) is 18.7. The van der Waals surface area contributed by atoms with Crippen LogP contribution in [0.4, 0.5) is 5.13 Å². The summed E-state index contributed by atoms with van der Waals surface area (Å²) in [5.74, 6) is -0.213. The number of aryl methyl sites for hydroxylation is 2. The molecule has 0 radical (unpaired) electrons. The maximum Gasteiger partial charge on any atom is 0.269 e. The van der Waals surface area contributed by atoms with Gasteiger partial charge in [0.25, 0.3) is 5.91 Å². The Morgan fingerprint density at radius 1 is 1.23 bits per heavy atom. The van der Waals surface area contributed by atoms with Gasteiger partial charge in [-0.05, 0) is 31.4 Å². The molecule has 1 N–H and O–H groups in total. The lowest BCUT2D eigenvalue weighted by Crippen LogP contribution is -2.10. The molecule has 3 nitrogen and oxygen atoms in total. The Morgan fingerprint density at radius 3 is 2.91 bits per heavy atom. The summed E-state index contributed by atoms with van der Waals surface area (Å²) in [6.07, 6.45) is 3.22. The zero-order chi connectivity index (χ0) is 15.3. The number of benzene rings is 1. The van der Waals surface area contributed by atoms with Crippen LogP contribution in [0.15, 0.2) is 18.2 Å². The topological polar surface area (TPSA) is 42.0 Å². The number of thiophene rings is 1. The number of carbonyl (C=O) groups excluding carboxylic acids is 1. The van der Waals surface area contributed by atoms with Gasteiger partial charge in [-0.2, -0.15) is 0 Å². The Labute approximate surface area is 144 Å². The van der Waals surface area contributed by atoms with Crippen molar-refractivity contribution in [1.82, 2.24) is 4.98 Å². The molecule has 0 bridgehead atoms. The molecule has 0 aliphatic heterocycles. The monoisotopic (exact) mass is 368 g/mol. The standard InChI is InChI=1S/C15H10Cl2N2OS2/c16-7-4-5-8-11(6-7)21-13(12(8)17)14(20)19-15-18-9-2-1-3-10(9)22-15/h4-6H,1-3H2,(H,18,19,20). The van der Waals surface area contributed by atoms with Crippen molar-refractivity contribution in [3.8, 4) is 0 Å². The zero-order valence-corrected chi connectivity index (χ0v) is 14.4. The quantitative estimate of drug-likeness (QED) is 0.657. The average Bonchev–Trinajstić information content (AvgIpc) is 3.12. The molecule has 1 aliphatic carbocycles. The lowest BCUT2D eigenvalue weighted by molar-refractivity contribution is 0.103. The van der Waals surface area contributed by atoms with E-state index in [1.54, 1.807) is 17.4 Å². The first-order valence-corrected chi connectivity index (χ1v) is 9.18. The lowest BCUT2D eigenvalue weighted by atomic mass is 10.2. The number of nitrogens with one attached hydrogen (secondary N) is 1. The summed E-state index contributed by atoms with van der Waals surface area (Å²) in [6.45, 7) is 0. The number of nitrogens with zero attached hydrogens (tertiary/aromatic N) is 1. The van der Waals surface area contributed by atoms with Crippen LogP contribution in [0.2, 0.25) is 10.0 Å². The molecule has 7 heteroatoms. The van der Waals surface area contributed by atoms with Gasteiger partial charge in [0, 0.05) is 20.0 Å². The van der Waals surface area contributed by atoms with E-state index in [1.165, 1.54) is 16.2 Å². The van der Waals surface area contributed by atoms with Gasteiger partial charge < -0.3 is 0 Å². The van der Waals surface area contributed by atoms with Gasteiger partial charge in [0.2, 0.25) is 0 Å². The van der Waals surface area contributed by atoms with Crippen LogP contribution in [0.25, 0.3) is 10.1 Å². The van der Waals surface area contributed by atoms with Crippen LogP contribution < -0.4 is 5.32 Å². The number of halogens is 2. The van der Waals surface area contributed by atoms with E-state index in [0.717, 1.165) is 35.0 Å². The van der Waals surface area contributed by atoms with Crippen LogP contribution in [0, 0.1) is 0 Å². The van der Waals surface area contributed by atoms with Gasteiger partial charge in [0.15, 0.2) is 5.13 Å². The second-order valence-corrected chi connectivity index (χ2v) is 8.03. The first-order valence-electron chi connectivity index (χ1n) is 6.79. The molecule has 1 aliphatic rings. The summed E-state index contributed by atoms with van der Waals surface area (Å²) in [7, 11) is 0. The molecule has 4 rings (SSSR count). The van der Waals surface area contributed by atoms with Gasteiger partial charge in [0.1, 0.15) is 4.88 Å². The van der Waals surface area contributed by atoms with Gasteiger partial charge in [-0.25, -0.2) is 4.98 Å². The van der Waals surface area contributed by atoms with Crippen molar-refractivity contribution in [3.05, 3.63) is 43.7 Å². The highest BCUT2D eigenvalue weighted by Crippen LogP contribution is 2.37. The molecule has 22 heavy (non-hydrogen) atoms. The molecule has 2 heterocycles. The predicted octanol–water partition coefficient (Wildman–Crippen LogP) is 5.41. The molecular formula is C15H10Cl2N2OS2. The van der Waals surface area contributed by atoms with Crippen molar-refractivity contribution >= 4 is 67.0 Å². The second-order valence-electron chi connectivity index (χ2n) is 5.08. The number of hydrogen-bond acceptors (Lipinski definition) is 4. The van der Waals surface area contributed by atoms with E-state index in [2.05, 4.69) is 10.3 Å². The second kappa shape index (κ2) is 5.49. The maximum atomic E-state index is 12.5. The molecule has 112 valence electrons. The fourth-order valence-electron chi connectivity index (χ4n) is 2.58. The molecule has 0 fully saturated rings. The first kappa shape index (κ1) is 14.5. The molecule has 0 atom stereocenters. The maximum absolute atomic E-state index is 12.5. The molecule has 0 unspecified atom stereocenters. The molecule has 2 aromatic heterocycles. The minimum atomic E-state index is -0.213. The number of thiazole rings is 1. The Balaban J connectivity index is 1.65. The van der Waals surface area contributed by atoms with Crippen molar-refractivity contribution in [3.63, 3.8) is 0 Å². The Morgan fingerprint density at radius 2 is 2.09 bits per heavy atom. The van der Waals surface area contributed by atoms with Crippen molar-refractivity contribution in [2.45, 2.75) is 19.3 Å². The average molecular weight is 369 g/mol. The van der Waals surface area contributed by atoms with E-state index < -0.39 is 0 Å². The summed E-state index contributed by atoms with van der Waals surface area (Å²) < 4.78 is 0.907. The van der Waals surface area contributed by atoms with Crippen LogP contribution in [-0.4, -0.2) is 10.9 Å². The lowest BCUT2D eigenvalue weighted by Gasteiger charge is -1.99. The number of fused-ring (bicyclic) bond motifs is 2. The summed E-state index contributed by atoms with van der Waals surface area (Å²) in [6, 6.07) is 5.43. The highest BCUT2D eigenvalue weighted by Gasteiger charge is 2.21. The van der Waals surface area contributed by atoms with Crippen LogP contribution in [0.5, 0.6) is 0 Å². The van der Waals surface area contributed by atoms with E-state index in [1.807, 2.05) is 12.1 Å². The van der Waals surface area contributed by atoms with E-state index in [9.17, 15) is 4.79 Å². The molecular weight excluding hydrogens is 359 g/mol. The molecule has 1 amide bonds. The van der Waals surface area contributed by atoms with Crippen molar-refractivity contribution in [1.29, 1.82) is 0 Å². The third-order valence-electron chi connectivity index (χ3n) is 3.61. The molecule has 3 aromatic rings. The summed E-state index contributed by atoms with van der Waals surface area (Å²) >= 11 is 15.2. The fourth-order valence-corrected chi connectivity index (χ4v) is 5.32. The third-order valence-corrected chi connectivity index (χ3v) is 6.58. The number of amides is 1. The first-order chi connectivity index (χ1) is 10.6. The van der Waals surface area contributed by atoms with E-state index in [-0.39, 0.29) is 5.91 Å². The molecule has 0 saturated carbocycles.